The number of piperidine rings is 5. The highest BCUT2D eigenvalue weighted by atomic mass is 16.5. The molecule has 3 atom stereocenters. The van der Waals surface area contributed by atoms with Crippen LogP contribution >= 0.6 is 0 Å². The normalized spacial score (nSPS) is 28.4. The molecule has 17 heteroatoms. The number of carbonyl (C=O) groups is 5. The second-order valence-corrected chi connectivity index (χ2v) is 23.6. The van der Waals surface area contributed by atoms with Crippen LogP contribution < -0.4 is 20.4 Å². The minimum atomic E-state index is -0.702. The Hall–Kier alpha value is -5.94. The van der Waals surface area contributed by atoms with Gasteiger partial charge in [-0.2, -0.15) is 0 Å². The summed E-state index contributed by atoms with van der Waals surface area (Å²) in [5, 5.41) is 6.14. The molecule has 0 radical (unpaired) electrons. The Bertz CT molecular complexity index is 2840. The standard InChI is InChI=1S/C57H71N11O6/c1-34(2)67-33-59-46-27-45(61-52(51(46)67)60-40-8-9-40)36-6-11-44-47(24-36)68(42-25-41(26-42)63-18-4-3-5-19-63)56(73)57(44)16-22-65(23-17-57)55(72)50-38-29-66(30-39(50)32-74-31-38)54(71)35-14-20-64(21-15-35)48-12-7-37(28-58-48)43-10-13-49(69)62-53(43)70/h6-7,11-12,24,27-28,33-35,38-43,50H,3-5,8-10,13-23,25-26,29-32H2,1-2H3,(H,60,61)(H,62,69,70)/t38?,39?,41?,42?,43-,50?/m1/s1. The van der Waals surface area contributed by atoms with E-state index >= 15 is 4.79 Å². The number of amides is 5. The van der Waals surface area contributed by atoms with E-state index in [1.165, 1.54) is 19.3 Å². The molecular weight excluding hydrogens is 935 g/mol. The van der Waals surface area contributed by atoms with Gasteiger partial charge in [0.2, 0.25) is 29.5 Å². The van der Waals surface area contributed by atoms with Crippen LogP contribution in [0.25, 0.3) is 22.3 Å². The summed E-state index contributed by atoms with van der Waals surface area (Å²) in [6.45, 7) is 11.0. The molecule has 2 unspecified atom stereocenters. The van der Waals surface area contributed by atoms with Crippen LogP contribution in [-0.2, 0) is 34.1 Å². The maximum atomic E-state index is 15.4. The Balaban J connectivity index is 0.687. The number of nitrogens with one attached hydrogen (secondary N) is 2. The van der Waals surface area contributed by atoms with E-state index in [1.807, 2.05) is 28.3 Å². The van der Waals surface area contributed by atoms with Gasteiger partial charge in [-0.25, -0.2) is 15.0 Å². The van der Waals surface area contributed by atoms with E-state index in [1.54, 1.807) is 6.20 Å². The highest BCUT2D eigenvalue weighted by Gasteiger charge is 2.57. The summed E-state index contributed by atoms with van der Waals surface area (Å²) in [5.74, 6) is 0.838. The van der Waals surface area contributed by atoms with Gasteiger partial charge in [-0.3, -0.25) is 29.3 Å². The summed E-state index contributed by atoms with van der Waals surface area (Å²) in [6.07, 6.45) is 15.1. The summed E-state index contributed by atoms with van der Waals surface area (Å²) >= 11 is 0. The number of likely N-dealkylation sites (tertiary alicyclic amines) is 3. The highest BCUT2D eigenvalue weighted by molar-refractivity contribution is 6.09. The van der Waals surface area contributed by atoms with Crippen LogP contribution in [0.5, 0.6) is 0 Å². The van der Waals surface area contributed by atoms with Gasteiger partial charge in [0, 0.05) is 105 Å². The Morgan fingerprint density at radius 3 is 2.26 bits per heavy atom. The molecule has 4 aromatic rings. The molecule has 5 amide bonds. The number of pyridine rings is 2. The van der Waals surface area contributed by atoms with E-state index in [0.29, 0.717) is 103 Å². The largest absolute Gasteiger partial charge is 0.381 e. The van der Waals surface area contributed by atoms with Gasteiger partial charge in [-0.15, -0.1) is 0 Å². The summed E-state index contributed by atoms with van der Waals surface area (Å²) in [4.78, 5) is 94.4. The Morgan fingerprint density at radius 2 is 1.57 bits per heavy atom. The monoisotopic (exact) mass is 1010 g/mol. The summed E-state index contributed by atoms with van der Waals surface area (Å²) in [6, 6.07) is 13.9. The molecule has 2 saturated carbocycles. The van der Waals surface area contributed by atoms with E-state index in [2.05, 4.69) is 73.0 Å². The molecule has 2 N–H and O–H groups in total. The summed E-state index contributed by atoms with van der Waals surface area (Å²) in [7, 11) is 0. The van der Waals surface area contributed by atoms with E-state index in [4.69, 9.17) is 14.7 Å². The number of hydrogen-bond donors (Lipinski definition) is 2. The minimum Gasteiger partial charge on any atom is -0.381 e. The van der Waals surface area contributed by atoms with Crippen LogP contribution in [0, 0.1) is 23.7 Å². The van der Waals surface area contributed by atoms with Crippen molar-refractivity contribution in [2.24, 2.45) is 23.7 Å². The molecule has 7 aliphatic heterocycles. The van der Waals surface area contributed by atoms with Crippen molar-refractivity contribution in [3.63, 3.8) is 0 Å². The second-order valence-electron chi connectivity index (χ2n) is 23.6. The molecule has 74 heavy (non-hydrogen) atoms. The van der Waals surface area contributed by atoms with Crippen molar-refractivity contribution in [2.75, 3.05) is 80.7 Å². The fourth-order valence-electron chi connectivity index (χ4n) is 14.3. The lowest BCUT2D eigenvalue weighted by Crippen LogP contribution is -2.61. The maximum absolute atomic E-state index is 15.4. The van der Waals surface area contributed by atoms with E-state index in [9.17, 15) is 19.2 Å². The first-order valence-electron chi connectivity index (χ1n) is 28.1. The number of aromatic nitrogens is 4. The fourth-order valence-corrected chi connectivity index (χ4v) is 14.3. The lowest BCUT2D eigenvalue weighted by atomic mass is 9.71. The maximum Gasteiger partial charge on any atom is 0.238 e. The number of anilines is 3. The van der Waals surface area contributed by atoms with Crippen LogP contribution in [0.2, 0.25) is 0 Å². The van der Waals surface area contributed by atoms with Gasteiger partial charge in [0.15, 0.2) is 5.82 Å². The van der Waals surface area contributed by atoms with Crippen LogP contribution in [0.4, 0.5) is 17.3 Å². The van der Waals surface area contributed by atoms with Crippen LogP contribution in [-0.4, -0.2) is 147 Å². The number of carbonyl (C=O) groups excluding carboxylic acids is 5. The third-order valence-electron chi connectivity index (χ3n) is 18.8. The summed E-state index contributed by atoms with van der Waals surface area (Å²) in [5.41, 5.74) is 5.97. The van der Waals surface area contributed by atoms with Gasteiger partial charge in [-0.05, 0) is 127 Å². The number of fused-ring (bicyclic) bond motifs is 5. The highest BCUT2D eigenvalue weighted by Crippen LogP contribution is 2.53. The van der Waals surface area contributed by atoms with Crippen molar-refractivity contribution in [1.82, 2.24) is 39.5 Å². The molecule has 8 fully saturated rings. The predicted octanol–water partition coefficient (Wildman–Crippen LogP) is 6.03. The zero-order valence-corrected chi connectivity index (χ0v) is 43.1. The molecule has 390 valence electrons. The second kappa shape index (κ2) is 19.0. The third-order valence-corrected chi connectivity index (χ3v) is 18.8. The quantitative estimate of drug-likeness (QED) is 0.177. The molecule has 10 heterocycles. The van der Waals surface area contributed by atoms with E-state index in [0.717, 1.165) is 89.5 Å². The molecule has 1 aromatic carbocycles. The van der Waals surface area contributed by atoms with Crippen molar-refractivity contribution >= 4 is 57.9 Å². The molecule has 1 spiro atoms. The van der Waals surface area contributed by atoms with Gasteiger partial charge in [0.25, 0.3) is 0 Å². The average Bonchev–Trinajstić information content (AvgIpc) is 4.10. The van der Waals surface area contributed by atoms with Gasteiger partial charge in [0.1, 0.15) is 11.3 Å². The number of hydrogen-bond acceptors (Lipinski definition) is 12. The average molecular weight is 1010 g/mol. The molecule has 9 aliphatic rings. The van der Waals surface area contributed by atoms with Gasteiger partial charge >= 0.3 is 0 Å². The molecule has 17 nitrogen and oxygen atoms in total. The van der Waals surface area contributed by atoms with Gasteiger partial charge in [0.05, 0.1) is 48.0 Å². The zero-order chi connectivity index (χ0) is 50.4. The molecule has 13 rings (SSSR count). The lowest BCUT2D eigenvalue weighted by molar-refractivity contribution is -0.163. The number of benzene rings is 1. The number of imidazole rings is 1. The van der Waals surface area contributed by atoms with E-state index < -0.39 is 5.41 Å². The van der Waals surface area contributed by atoms with Crippen molar-refractivity contribution in [3.05, 3.63) is 60.0 Å². The number of nitrogens with zero attached hydrogens (tertiary/aromatic N) is 9. The predicted molar refractivity (Wildman–Crippen MR) is 279 cm³/mol. The Labute approximate surface area is 433 Å². The minimum absolute atomic E-state index is 0.0804. The number of imide groups is 1. The van der Waals surface area contributed by atoms with Crippen LogP contribution in [0.15, 0.2) is 48.9 Å². The Morgan fingerprint density at radius 1 is 0.811 bits per heavy atom. The van der Waals surface area contributed by atoms with Gasteiger partial charge < -0.3 is 39.1 Å². The molecule has 6 saturated heterocycles. The number of rotatable bonds is 10. The molecule has 3 aromatic heterocycles. The van der Waals surface area contributed by atoms with E-state index in [-0.39, 0.29) is 71.2 Å². The first-order chi connectivity index (χ1) is 36.0. The van der Waals surface area contributed by atoms with Crippen LogP contribution in [0.1, 0.15) is 120 Å². The van der Waals surface area contributed by atoms with Crippen molar-refractivity contribution in [1.29, 1.82) is 0 Å². The zero-order valence-electron chi connectivity index (χ0n) is 43.1. The molecule has 2 aliphatic carbocycles. The SMILES string of the molecule is CC(C)n1cnc2cc(-c3ccc4c(c3)N(C3CC(N5CCCCC5)C3)C(=O)C43CCN(C(=O)C4C5COCC4CN(C(=O)C4CCN(c6ccc([C@H]7CCC(=O)NC7=O)cn6)CC4)C5)CC3)nc(NC3CC3)c21. The number of ether oxygens (including phenoxy) is 1. The fraction of sp³-hybridized carbons (Fsp3) is 0.614. The van der Waals surface area contributed by atoms with Crippen molar-refractivity contribution < 1.29 is 28.7 Å². The summed E-state index contributed by atoms with van der Waals surface area (Å²) < 4.78 is 8.30. The van der Waals surface area contributed by atoms with Crippen molar-refractivity contribution in [2.45, 2.75) is 133 Å². The first-order valence-corrected chi connectivity index (χ1v) is 28.1. The third kappa shape index (κ3) is 8.44. The first kappa shape index (κ1) is 47.8. The molecule has 2 bridgehead atoms. The van der Waals surface area contributed by atoms with Crippen LogP contribution in [0.3, 0.4) is 0 Å². The van der Waals surface area contributed by atoms with Crippen molar-refractivity contribution in [3.8, 4) is 11.3 Å². The topological polar surface area (TPSA) is 178 Å². The Kier molecular flexibility index (Phi) is 12.3. The van der Waals surface area contributed by atoms with Gasteiger partial charge in [-0.1, -0.05) is 24.6 Å². The molecular formula is C57H71N11O6. The smallest absolute Gasteiger partial charge is 0.238 e. The lowest BCUT2D eigenvalue weighted by Gasteiger charge is -2.49.